The highest BCUT2D eigenvalue weighted by atomic mass is 19.2. The molecule has 0 spiro atoms. The number of carbonyl (C=O) groups excluding carboxylic acids is 1. The lowest BCUT2D eigenvalue weighted by atomic mass is 10.1. The van der Waals surface area contributed by atoms with E-state index in [1.165, 1.54) is 13.0 Å². The third-order valence-electron chi connectivity index (χ3n) is 1.94. The molecule has 2 N–H and O–H groups in total. The lowest BCUT2D eigenvalue weighted by Gasteiger charge is -2.07. The van der Waals surface area contributed by atoms with Gasteiger partial charge in [-0.1, -0.05) is 6.07 Å². The van der Waals surface area contributed by atoms with Gasteiger partial charge in [-0.2, -0.15) is 0 Å². The molecule has 0 aromatic heterocycles. The van der Waals surface area contributed by atoms with Gasteiger partial charge in [0.05, 0.1) is 12.5 Å². The Bertz CT molecular complexity index is 380. The number of aliphatic hydroxyl groups excluding tert-OH is 1. The van der Waals surface area contributed by atoms with E-state index in [-0.39, 0.29) is 18.9 Å². The Kier molecular flexibility index (Phi) is 4.37. The fourth-order valence-electron chi connectivity index (χ4n) is 1.16. The number of carbonyl (C=O) groups is 1. The van der Waals surface area contributed by atoms with E-state index >= 15 is 0 Å². The maximum atomic E-state index is 12.8. The molecule has 1 atom stereocenters. The standard InChI is InChI=1S/C11H13F2NO2/c1-7(15)6-14-11(16)5-8-2-3-9(12)10(13)4-8/h2-4,7,15H,5-6H2,1H3,(H,14,16)/t7-/m0/s1. The van der Waals surface area contributed by atoms with E-state index in [1.807, 2.05) is 0 Å². The zero-order chi connectivity index (χ0) is 12.1. The van der Waals surface area contributed by atoms with Crippen LogP contribution in [0.3, 0.4) is 0 Å². The molecule has 88 valence electrons. The summed E-state index contributed by atoms with van der Waals surface area (Å²) in [5.74, 6) is -2.25. The van der Waals surface area contributed by atoms with Crippen LogP contribution < -0.4 is 5.32 Å². The molecule has 1 rings (SSSR count). The van der Waals surface area contributed by atoms with E-state index in [2.05, 4.69) is 5.32 Å². The molecule has 0 fully saturated rings. The summed E-state index contributed by atoms with van der Waals surface area (Å²) >= 11 is 0. The Morgan fingerprint density at radius 2 is 2.12 bits per heavy atom. The topological polar surface area (TPSA) is 49.3 Å². The van der Waals surface area contributed by atoms with Crippen molar-refractivity contribution in [3.8, 4) is 0 Å². The quantitative estimate of drug-likeness (QED) is 0.809. The molecule has 0 radical (unpaired) electrons. The molecule has 0 aliphatic carbocycles. The summed E-state index contributed by atoms with van der Waals surface area (Å²) in [5, 5.41) is 11.4. The molecule has 1 aromatic carbocycles. The normalized spacial score (nSPS) is 12.2. The number of hydrogen-bond donors (Lipinski definition) is 2. The van der Waals surface area contributed by atoms with Crippen molar-refractivity contribution < 1.29 is 18.7 Å². The van der Waals surface area contributed by atoms with Crippen LogP contribution in [0, 0.1) is 11.6 Å². The Morgan fingerprint density at radius 1 is 1.44 bits per heavy atom. The van der Waals surface area contributed by atoms with Gasteiger partial charge < -0.3 is 10.4 Å². The van der Waals surface area contributed by atoms with Crippen LogP contribution >= 0.6 is 0 Å². The van der Waals surface area contributed by atoms with Gasteiger partial charge in [0.2, 0.25) is 5.91 Å². The number of rotatable bonds is 4. The highest BCUT2D eigenvalue weighted by molar-refractivity contribution is 5.78. The minimum absolute atomic E-state index is 0.0378. The Hall–Kier alpha value is -1.49. The second-order valence-corrected chi connectivity index (χ2v) is 3.58. The monoisotopic (exact) mass is 229 g/mol. The van der Waals surface area contributed by atoms with E-state index < -0.39 is 17.7 Å². The van der Waals surface area contributed by atoms with Crippen molar-refractivity contribution in [2.45, 2.75) is 19.4 Å². The number of nitrogens with one attached hydrogen (secondary N) is 1. The second kappa shape index (κ2) is 5.55. The van der Waals surface area contributed by atoms with E-state index in [0.29, 0.717) is 5.56 Å². The number of halogens is 2. The molecule has 0 aliphatic heterocycles. The summed E-state index contributed by atoms with van der Waals surface area (Å²) in [5.41, 5.74) is 0.391. The minimum atomic E-state index is -0.971. The lowest BCUT2D eigenvalue weighted by molar-refractivity contribution is -0.120. The van der Waals surface area contributed by atoms with Gasteiger partial charge in [-0.05, 0) is 24.6 Å². The molecule has 0 saturated carbocycles. The molecule has 3 nitrogen and oxygen atoms in total. The summed E-state index contributed by atoms with van der Waals surface area (Å²) in [6.45, 7) is 1.68. The molecule has 0 heterocycles. The van der Waals surface area contributed by atoms with Gasteiger partial charge in [0.15, 0.2) is 11.6 Å². The van der Waals surface area contributed by atoms with Crippen molar-refractivity contribution in [3.05, 3.63) is 35.4 Å². The number of hydrogen-bond acceptors (Lipinski definition) is 2. The first-order chi connectivity index (χ1) is 7.49. The molecule has 5 heteroatoms. The molecule has 1 amide bonds. The molecule has 0 bridgehead atoms. The summed E-state index contributed by atoms with van der Waals surface area (Å²) < 4.78 is 25.4. The number of benzene rings is 1. The minimum Gasteiger partial charge on any atom is -0.392 e. The van der Waals surface area contributed by atoms with Crippen LogP contribution in [0.25, 0.3) is 0 Å². The predicted molar refractivity (Wildman–Crippen MR) is 54.8 cm³/mol. The maximum absolute atomic E-state index is 12.8. The van der Waals surface area contributed by atoms with Crippen molar-refractivity contribution in [1.82, 2.24) is 5.32 Å². The van der Waals surface area contributed by atoms with Gasteiger partial charge in [0.1, 0.15) is 0 Å². The molecule has 0 saturated heterocycles. The second-order valence-electron chi connectivity index (χ2n) is 3.58. The summed E-state index contributed by atoms with van der Waals surface area (Å²) in [6, 6.07) is 3.31. The Balaban J connectivity index is 2.53. The molecule has 0 aliphatic rings. The van der Waals surface area contributed by atoms with Crippen molar-refractivity contribution in [2.24, 2.45) is 0 Å². The van der Waals surface area contributed by atoms with Gasteiger partial charge in [-0.3, -0.25) is 4.79 Å². The molecule has 0 unspecified atom stereocenters. The fourth-order valence-corrected chi connectivity index (χ4v) is 1.16. The van der Waals surface area contributed by atoms with Crippen molar-refractivity contribution in [1.29, 1.82) is 0 Å². The van der Waals surface area contributed by atoms with Crippen molar-refractivity contribution in [3.63, 3.8) is 0 Å². The average Bonchev–Trinajstić information content (AvgIpc) is 2.21. The van der Waals surface area contributed by atoms with E-state index in [4.69, 9.17) is 5.11 Å². The largest absolute Gasteiger partial charge is 0.392 e. The van der Waals surface area contributed by atoms with E-state index in [0.717, 1.165) is 12.1 Å². The van der Waals surface area contributed by atoms with Gasteiger partial charge in [-0.15, -0.1) is 0 Å². The third kappa shape index (κ3) is 3.94. The van der Waals surface area contributed by atoms with E-state index in [9.17, 15) is 13.6 Å². The first-order valence-corrected chi connectivity index (χ1v) is 4.87. The average molecular weight is 229 g/mol. The summed E-state index contributed by atoms with van der Waals surface area (Å²) in [4.78, 5) is 11.3. The Morgan fingerprint density at radius 3 is 2.69 bits per heavy atom. The van der Waals surface area contributed by atoms with Crippen LogP contribution in [0.15, 0.2) is 18.2 Å². The number of aliphatic hydroxyl groups is 1. The first kappa shape index (κ1) is 12.6. The molecular weight excluding hydrogens is 216 g/mol. The predicted octanol–water partition coefficient (Wildman–Crippen LogP) is 1.00. The fraction of sp³-hybridized carbons (Fsp3) is 0.364. The lowest BCUT2D eigenvalue weighted by Crippen LogP contribution is -2.31. The molecule has 1 aromatic rings. The van der Waals surface area contributed by atoms with Crippen LogP contribution in [0.1, 0.15) is 12.5 Å². The summed E-state index contributed by atoms with van der Waals surface area (Å²) in [7, 11) is 0. The van der Waals surface area contributed by atoms with Gasteiger partial charge in [0, 0.05) is 6.54 Å². The van der Waals surface area contributed by atoms with E-state index in [1.54, 1.807) is 0 Å². The SMILES string of the molecule is C[C@H](O)CNC(=O)Cc1ccc(F)c(F)c1. The zero-order valence-electron chi connectivity index (χ0n) is 8.84. The maximum Gasteiger partial charge on any atom is 0.224 e. The van der Waals surface area contributed by atoms with Gasteiger partial charge in [0.25, 0.3) is 0 Å². The van der Waals surface area contributed by atoms with Crippen LogP contribution in [0.4, 0.5) is 8.78 Å². The molecule has 16 heavy (non-hydrogen) atoms. The smallest absolute Gasteiger partial charge is 0.224 e. The van der Waals surface area contributed by atoms with Crippen molar-refractivity contribution >= 4 is 5.91 Å². The highest BCUT2D eigenvalue weighted by Gasteiger charge is 2.07. The highest BCUT2D eigenvalue weighted by Crippen LogP contribution is 2.08. The van der Waals surface area contributed by atoms with Crippen LogP contribution in [-0.4, -0.2) is 23.7 Å². The van der Waals surface area contributed by atoms with Gasteiger partial charge >= 0.3 is 0 Å². The van der Waals surface area contributed by atoms with Crippen LogP contribution in [0.5, 0.6) is 0 Å². The zero-order valence-corrected chi connectivity index (χ0v) is 8.84. The Labute approximate surface area is 92.1 Å². The first-order valence-electron chi connectivity index (χ1n) is 4.87. The van der Waals surface area contributed by atoms with Crippen molar-refractivity contribution in [2.75, 3.05) is 6.54 Å². The van der Waals surface area contributed by atoms with Crippen LogP contribution in [-0.2, 0) is 11.2 Å². The van der Waals surface area contributed by atoms with Crippen LogP contribution in [0.2, 0.25) is 0 Å². The third-order valence-corrected chi connectivity index (χ3v) is 1.94. The number of amides is 1. The van der Waals surface area contributed by atoms with Gasteiger partial charge in [-0.25, -0.2) is 8.78 Å². The summed E-state index contributed by atoms with van der Waals surface area (Å²) in [6.07, 6.45) is -0.668. The molecular formula is C11H13F2NO2.